The van der Waals surface area contributed by atoms with Crippen molar-refractivity contribution in [3.63, 3.8) is 0 Å². The highest BCUT2D eigenvalue weighted by Crippen LogP contribution is 2.26. The maximum atomic E-state index is 12.4. The first-order chi connectivity index (χ1) is 12.6. The Bertz CT molecular complexity index is 994. The summed E-state index contributed by atoms with van der Waals surface area (Å²) in [6.07, 6.45) is 5.06. The fourth-order valence-electron chi connectivity index (χ4n) is 3.56. The lowest BCUT2D eigenvalue weighted by molar-refractivity contribution is -0.122. The number of para-hydroxylation sites is 1. The number of H-pyrrole nitrogens is 1. The number of amides is 1. The van der Waals surface area contributed by atoms with Gasteiger partial charge in [0.05, 0.1) is 17.8 Å². The maximum absolute atomic E-state index is 12.4. The van der Waals surface area contributed by atoms with Gasteiger partial charge in [-0.2, -0.15) is 10.1 Å². The van der Waals surface area contributed by atoms with Gasteiger partial charge in [-0.25, -0.2) is 4.68 Å². The summed E-state index contributed by atoms with van der Waals surface area (Å²) >= 11 is 0. The van der Waals surface area contributed by atoms with Gasteiger partial charge in [0.25, 0.3) is 5.56 Å². The molecule has 2 aromatic heterocycles. The Morgan fingerprint density at radius 3 is 2.77 bits per heavy atom. The Morgan fingerprint density at radius 1 is 1.23 bits per heavy atom. The number of aromatic nitrogens is 4. The third kappa shape index (κ3) is 2.94. The lowest BCUT2D eigenvalue weighted by Gasteiger charge is -2.30. The van der Waals surface area contributed by atoms with Gasteiger partial charge in [0.2, 0.25) is 11.9 Å². The minimum absolute atomic E-state index is 0.130. The molecule has 3 aromatic rings. The first kappa shape index (κ1) is 16.3. The Morgan fingerprint density at radius 2 is 2.00 bits per heavy atom. The molecule has 2 heterocycles. The molecule has 2 unspecified atom stereocenters. The number of anilines is 1. The zero-order chi connectivity index (χ0) is 18.1. The molecule has 4 N–H and O–H groups in total. The predicted octanol–water partition coefficient (Wildman–Crippen LogP) is 1.56. The van der Waals surface area contributed by atoms with Crippen LogP contribution in [-0.4, -0.2) is 31.7 Å². The van der Waals surface area contributed by atoms with E-state index in [2.05, 4.69) is 20.4 Å². The number of hydrogen-bond acceptors (Lipinski definition) is 5. The number of nitrogens with two attached hydrogens (primary N) is 1. The molecule has 1 aliphatic carbocycles. The largest absolute Gasteiger partial charge is 0.369 e. The fourth-order valence-corrected chi connectivity index (χ4v) is 3.56. The average Bonchev–Trinajstić information content (AvgIpc) is 3.07. The third-order valence-electron chi connectivity index (χ3n) is 4.89. The minimum Gasteiger partial charge on any atom is -0.369 e. The Hall–Kier alpha value is -3.16. The van der Waals surface area contributed by atoms with Crippen LogP contribution in [0, 0.1) is 5.92 Å². The average molecular weight is 352 g/mol. The first-order valence-corrected chi connectivity index (χ1v) is 8.73. The van der Waals surface area contributed by atoms with Crippen LogP contribution in [-0.2, 0) is 4.79 Å². The molecule has 26 heavy (non-hydrogen) atoms. The van der Waals surface area contributed by atoms with Crippen LogP contribution in [0.15, 0.2) is 41.3 Å². The number of rotatable bonds is 4. The summed E-state index contributed by atoms with van der Waals surface area (Å²) in [4.78, 5) is 31.4. The van der Waals surface area contributed by atoms with Crippen LogP contribution in [0.25, 0.3) is 16.7 Å². The maximum Gasteiger partial charge on any atom is 0.263 e. The molecule has 4 rings (SSSR count). The predicted molar refractivity (Wildman–Crippen MR) is 98.0 cm³/mol. The smallest absolute Gasteiger partial charge is 0.263 e. The molecule has 1 aliphatic rings. The van der Waals surface area contributed by atoms with E-state index in [1.807, 2.05) is 30.3 Å². The molecule has 0 radical (unpaired) electrons. The van der Waals surface area contributed by atoms with E-state index in [9.17, 15) is 9.59 Å². The van der Waals surface area contributed by atoms with Gasteiger partial charge >= 0.3 is 0 Å². The molecule has 1 amide bonds. The zero-order valence-electron chi connectivity index (χ0n) is 14.2. The van der Waals surface area contributed by atoms with E-state index in [1.54, 1.807) is 4.68 Å². The second-order valence-electron chi connectivity index (χ2n) is 6.59. The Kier molecular flexibility index (Phi) is 4.16. The molecule has 1 fully saturated rings. The Balaban J connectivity index is 1.72. The van der Waals surface area contributed by atoms with Gasteiger partial charge in [-0.15, -0.1) is 0 Å². The lowest BCUT2D eigenvalue weighted by Crippen LogP contribution is -2.41. The summed E-state index contributed by atoms with van der Waals surface area (Å²) in [5.74, 6) is -0.248. The van der Waals surface area contributed by atoms with Crippen LogP contribution in [0.2, 0.25) is 0 Å². The van der Waals surface area contributed by atoms with Crippen LogP contribution in [0.5, 0.6) is 0 Å². The van der Waals surface area contributed by atoms with Crippen molar-refractivity contribution in [1.29, 1.82) is 0 Å². The van der Waals surface area contributed by atoms with Crippen LogP contribution < -0.4 is 16.6 Å². The fraction of sp³-hybridized carbons (Fsp3) is 0.333. The quantitative estimate of drug-likeness (QED) is 0.658. The number of benzene rings is 1. The lowest BCUT2D eigenvalue weighted by atomic mass is 9.84. The van der Waals surface area contributed by atoms with Crippen molar-refractivity contribution in [2.75, 3.05) is 5.32 Å². The number of nitrogens with zero attached hydrogens (tertiary/aromatic N) is 3. The molecule has 0 aliphatic heterocycles. The van der Waals surface area contributed by atoms with Crippen molar-refractivity contribution in [3.8, 4) is 5.69 Å². The normalized spacial score (nSPS) is 20.2. The summed E-state index contributed by atoms with van der Waals surface area (Å²) in [5, 5.41) is 7.91. The number of carbonyl (C=O) groups is 1. The second kappa shape index (κ2) is 6.62. The van der Waals surface area contributed by atoms with Crippen molar-refractivity contribution in [1.82, 2.24) is 19.7 Å². The van der Waals surface area contributed by atoms with E-state index in [-0.39, 0.29) is 23.4 Å². The number of fused-ring (bicyclic) bond motifs is 1. The summed E-state index contributed by atoms with van der Waals surface area (Å²) in [5.41, 5.74) is 6.54. The van der Waals surface area contributed by atoms with Gasteiger partial charge in [0.1, 0.15) is 5.39 Å². The van der Waals surface area contributed by atoms with E-state index >= 15 is 0 Å². The standard InChI is InChI=1S/C18H20N6O2/c19-15(25)12-8-4-5-9-14(12)21-18-22-16-13(17(26)23-18)10-20-24(16)11-6-2-1-3-7-11/h1-3,6-7,10,12,14H,4-5,8-9H2,(H2,19,25)(H2,21,22,23,26). The van der Waals surface area contributed by atoms with Crippen LogP contribution in [0.1, 0.15) is 25.7 Å². The molecule has 134 valence electrons. The van der Waals surface area contributed by atoms with Gasteiger partial charge in [-0.1, -0.05) is 31.0 Å². The molecule has 0 spiro atoms. The van der Waals surface area contributed by atoms with Crippen LogP contribution in [0.4, 0.5) is 5.95 Å². The van der Waals surface area contributed by atoms with Crippen molar-refractivity contribution in [2.24, 2.45) is 11.7 Å². The molecule has 8 heteroatoms. The number of aromatic amines is 1. The van der Waals surface area contributed by atoms with Gasteiger partial charge in [0.15, 0.2) is 5.65 Å². The van der Waals surface area contributed by atoms with E-state index in [4.69, 9.17) is 5.73 Å². The number of hydrogen-bond donors (Lipinski definition) is 3. The van der Waals surface area contributed by atoms with Gasteiger partial charge in [0, 0.05) is 6.04 Å². The highest BCUT2D eigenvalue weighted by molar-refractivity contribution is 5.78. The van der Waals surface area contributed by atoms with Crippen LogP contribution in [0.3, 0.4) is 0 Å². The summed E-state index contributed by atoms with van der Waals surface area (Å²) in [6.45, 7) is 0. The molecule has 1 saturated carbocycles. The monoisotopic (exact) mass is 352 g/mol. The molecule has 2 atom stereocenters. The molecular formula is C18H20N6O2. The van der Waals surface area contributed by atoms with E-state index in [0.29, 0.717) is 17.0 Å². The summed E-state index contributed by atoms with van der Waals surface area (Å²) in [7, 11) is 0. The number of primary amides is 1. The van der Waals surface area contributed by atoms with Crippen molar-refractivity contribution in [2.45, 2.75) is 31.7 Å². The molecule has 8 nitrogen and oxygen atoms in total. The molecule has 0 saturated heterocycles. The van der Waals surface area contributed by atoms with Gasteiger partial charge < -0.3 is 11.1 Å². The highest BCUT2D eigenvalue weighted by Gasteiger charge is 2.30. The van der Waals surface area contributed by atoms with Crippen molar-refractivity contribution in [3.05, 3.63) is 46.9 Å². The second-order valence-corrected chi connectivity index (χ2v) is 6.59. The molecule has 0 bridgehead atoms. The molecular weight excluding hydrogens is 332 g/mol. The highest BCUT2D eigenvalue weighted by atomic mass is 16.1. The SMILES string of the molecule is NC(=O)C1CCCCC1Nc1nc2c(cnn2-c2ccccc2)c(=O)[nH]1. The van der Waals surface area contributed by atoms with E-state index in [1.165, 1.54) is 6.20 Å². The minimum atomic E-state index is -0.319. The van der Waals surface area contributed by atoms with E-state index in [0.717, 1.165) is 31.4 Å². The van der Waals surface area contributed by atoms with Crippen molar-refractivity contribution >= 4 is 22.9 Å². The third-order valence-corrected chi connectivity index (χ3v) is 4.89. The van der Waals surface area contributed by atoms with Crippen molar-refractivity contribution < 1.29 is 4.79 Å². The van der Waals surface area contributed by atoms with E-state index < -0.39 is 0 Å². The van der Waals surface area contributed by atoms with Gasteiger partial charge in [-0.3, -0.25) is 14.6 Å². The van der Waals surface area contributed by atoms with Gasteiger partial charge in [-0.05, 0) is 25.0 Å². The summed E-state index contributed by atoms with van der Waals surface area (Å²) < 4.78 is 1.63. The zero-order valence-corrected chi connectivity index (χ0v) is 14.2. The van der Waals surface area contributed by atoms with Crippen LogP contribution >= 0.6 is 0 Å². The Labute approximate surface area is 149 Å². The number of nitrogens with one attached hydrogen (secondary N) is 2. The summed E-state index contributed by atoms with van der Waals surface area (Å²) in [6, 6.07) is 9.37. The number of carbonyl (C=O) groups excluding carboxylic acids is 1. The first-order valence-electron chi connectivity index (χ1n) is 8.73. The molecule has 1 aromatic carbocycles. The topological polar surface area (TPSA) is 119 Å².